The number of ether oxygens (including phenoxy) is 2. The number of nitrogens with one attached hydrogen (secondary N) is 1. The van der Waals surface area contributed by atoms with E-state index in [1.165, 1.54) is 18.9 Å². The molecule has 0 bridgehead atoms. The molecule has 2 aromatic carbocycles. The van der Waals surface area contributed by atoms with Gasteiger partial charge in [0.1, 0.15) is 10.8 Å². The monoisotopic (exact) mass is 394 g/mol. The minimum Gasteiger partial charge on any atom is -0.482 e. The number of benzene rings is 2. The van der Waals surface area contributed by atoms with E-state index in [1.54, 1.807) is 42.6 Å². The van der Waals surface area contributed by atoms with Crippen LogP contribution in [0.1, 0.15) is 10.4 Å². The number of pyridine rings is 1. The molecular weight excluding hydrogens is 376 g/mol. The van der Waals surface area contributed by atoms with Gasteiger partial charge < -0.3 is 14.8 Å². The van der Waals surface area contributed by atoms with Crippen LogP contribution in [0.15, 0.2) is 82.8 Å². The quantitative estimate of drug-likeness (QED) is 0.610. The highest BCUT2D eigenvalue weighted by Crippen LogP contribution is 2.29. The van der Waals surface area contributed by atoms with Gasteiger partial charge >= 0.3 is 5.97 Å². The van der Waals surface area contributed by atoms with Crippen molar-refractivity contribution in [2.75, 3.05) is 19.0 Å². The van der Waals surface area contributed by atoms with Gasteiger partial charge in [0.05, 0.1) is 12.7 Å². The normalized spacial score (nSPS) is 10.2. The Hall–Kier alpha value is -3.32. The molecule has 0 atom stereocenters. The van der Waals surface area contributed by atoms with Crippen LogP contribution in [0, 0.1) is 0 Å². The average molecular weight is 394 g/mol. The van der Waals surface area contributed by atoms with Crippen molar-refractivity contribution in [1.82, 2.24) is 4.98 Å². The van der Waals surface area contributed by atoms with Gasteiger partial charge in [-0.2, -0.15) is 0 Å². The zero-order valence-electron chi connectivity index (χ0n) is 15.1. The molecule has 3 rings (SSSR count). The van der Waals surface area contributed by atoms with E-state index < -0.39 is 5.97 Å². The minimum absolute atomic E-state index is 0.200. The number of nitrogens with zero attached hydrogens (tertiary/aromatic N) is 1. The standard InChI is InChI=1S/C21H18N2O4S/c1-26-19(24)14-27-16-8-5-7-15(13-16)23-20(25)18-11-6-12-22-21(18)28-17-9-3-2-4-10-17/h2-13H,14H2,1H3,(H,23,25). The Morgan fingerprint density at radius 2 is 1.86 bits per heavy atom. The van der Waals surface area contributed by atoms with Crippen LogP contribution < -0.4 is 10.1 Å². The number of rotatable bonds is 7. The SMILES string of the molecule is COC(=O)COc1cccc(NC(=O)c2cccnc2Sc2ccccc2)c1. The summed E-state index contributed by atoms with van der Waals surface area (Å²) in [5, 5.41) is 3.45. The van der Waals surface area contributed by atoms with Gasteiger partial charge in [0, 0.05) is 22.8 Å². The molecule has 0 radical (unpaired) electrons. The number of esters is 1. The molecule has 1 amide bonds. The Morgan fingerprint density at radius 1 is 1.04 bits per heavy atom. The number of carbonyl (C=O) groups excluding carboxylic acids is 2. The molecule has 0 aliphatic rings. The third-order valence-electron chi connectivity index (χ3n) is 3.65. The van der Waals surface area contributed by atoms with Gasteiger partial charge in [0.2, 0.25) is 0 Å². The Morgan fingerprint density at radius 3 is 2.64 bits per heavy atom. The number of hydrogen-bond acceptors (Lipinski definition) is 6. The highest BCUT2D eigenvalue weighted by molar-refractivity contribution is 7.99. The van der Waals surface area contributed by atoms with Crippen LogP contribution in [0.3, 0.4) is 0 Å². The molecule has 28 heavy (non-hydrogen) atoms. The molecule has 0 spiro atoms. The van der Waals surface area contributed by atoms with Crippen LogP contribution >= 0.6 is 11.8 Å². The van der Waals surface area contributed by atoms with Crippen molar-refractivity contribution >= 4 is 29.3 Å². The summed E-state index contributed by atoms with van der Waals surface area (Å²) in [6.07, 6.45) is 1.66. The Labute approximate surface area is 166 Å². The molecule has 1 aromatic heterocycles. The van der Waals surface area contributed by atoms with Crippen LogP contribution in [0.2, 0.25) is 0 Å². The molecule has 7 heteroatoms. The largest absolute Gasteiger partial charge is 0.482 e. The smallest absolute Gasteiger partial charge is 0.343 e. The number of methoxy groups -OCH3 is 1. The van der Waals surface area contributed by atoms with E-state index in [9.17, 15) is 9.59 Å². The van der Waals surface area contributed by atoms with Gasteiger partial charge in [-0.25, -0.2) is 9.78 Å². The van der Waals surface area contributed by atoms with E-state index in [1.807, 2.05) is 30.3 Å². The average Bonchev–Trinajstić information content (AvgIpc) is 2.73. The van der Waals surface area contributed by atoms with Crippen LogP contribution in [-0.4, -0.2) is 30.6 Å². The maximum atomic E-state index is 12.8. The van der Waals surface area contributed by atoms with Crippen LogP contribution in [0.25, 0.3) is 0 Å². The fourth-order valence-electron chi connectivity index (χ4n) is 2.31. The lowest BCUT2D eigenvalue weighted by atomic mass is 10.2. The Bertz CT molecular complexity index is 963. The molecule has 1 N–H and O–H groups in total. The number of aromatic nitrogens is 1. The Balaban J connectivity index is 1.72. The zero-order chi connectivity index (χ0) is 19.8. The van der Waals surface area contributed by atoms with Crippen molar-refractivity contribution in [2.24, 2.45) is 0 Å². The van der Waals surface area contributed by atoms with Gasteiger partial charge in [-0.1, -0.05) is 36.0 Å². The van der Waals surface area contributed by atoms with E-state index in [4.69, 9.17) is 4.74 Å². The number of carbonyl (C=O) groups is 2. The number of amides is 1. The summed E-state index contributed by atoms with van der Waals surface area (Å²) in [6, 6.07) is 20.0. The summed E-state index contributed by atoms with van der Waals surface area (Å²) < 4.78 is 9.89. The second-order valence-electron chi connectivity index (χ2n) is 5.62. The number of hydrogen-bond donors (Lipinski definition) is 1. The first kappa shape index (κ1) is 19.4. The highest BCUT2D eigenvalue weighted by Gasteiger charge is 2.14. The molecule has 0 aliphatic heterocycles. The third kappa shape index (κ3) is 5.34. The summed E-state index contributed by atoms with van der Waals surface area (Å²) in [6.45, 7) is -0.200. The van der Waals surface area contributed by atoms with Crippen LogP contribution in [-0.2, 0) is 9.53 Å². The molecule has 0 unspecified atom stereocenters. The summed E-state index contributed by atoms with van der Waals surface area (Å²) in [5.74, 6) is -0.308. The van der Waals surface area contributed by atoms with Crippen molar-refractivity contribution in [3.63, 3.8) is 0 Å². The van der Waals surface area contributed by atoms with E-state index in [0.717, 1.165) is 4.90 Å². The predicted octanol–water partition coefficient (Wildman–Crippen LogP) is 4.04. The maximum absolute atomic E-state index is 12.8. The van der Waals surface area contributed by atoms with Gasteiger partial charge in [-0.15, -0.1) is 0 Å². The van der Waals surface area contributed by atoms with Gasteiger partial charge in [0.25, 0.3) is 5.91 Å². The lowest BCUT2D eigenvalue weighted by Crippen LogP contribution is -2.14. The number of anilines is 1. The summed E-state index contributed by atoms with van der Waals surface area (Å²) in [5.41, 5.74) is 1.02. The molecular formula is C21H18N2O4S. The zero-order valence-corrected chi connectivity index (χ0v) is 15.9. The Kier molecular flexibility index (Phi) is 6.64. The van der Waals surface area contributed by atoms with E-state index in [0.29, 0.717) is 22.0 Å². The molecule has 0 saturated carbocycles. The van der Waals surface area contributed by atoms with Gasteiger partial charge in [-0.05, 0) is 36.4 Å². The molecule has 142 valence electrons. The minimum atomic E-state index is -0.479. The summed E-state index contributed by atoms with van der Waals surface area (Å²) in [4.78, 5) is 29.3. The third-order valence-corrected chi connectivity index (χ3v) is 4.68. The molecule has 0 fully saturated rings. The second kappa shape index (κ2) is 9.57. The van der Waals surface area contributed by atoms with E-state index in [-0.39, 0.29) is 12.5 Å². The van der Waals surface area contributed by atoms with Crippen molar-refractivity contribution in [1.29, 1.82) is 0 Å². The van der Waals surface area contributed by atoms with Crippen molar-refractivity contribution in [2.45, 2.75) is 9.92 Å². The maximum Gasteiger partial charge on any atom is 0.343 e. The molecule has 1 heterocycles. The summed E-state index contributed by atoms with van der Waals surface area (Å²) >= 11 is 1.42. The van der Waals surface area contributed by atoms with Gasteiger partial charge in [-0.3, -0.25) is 4.79 Å². The van der Waals surface area contributed by atoms with Crippen LogP contribution in [0.5, 0.6) is 5.75 Å². The molecule has 0 aliphatic carbocycles. The van der Waals surface area contributed by atoms with E-state index in [2.05, 4.69) is 15.0 Å². The van der Waals surface area contributed by atoms with Crippen molar-refractivity contribution < 1.29 is 19.1 Å². The predicted molar refractivity (Wildman–Crippen MR) is 107 cm³/mol. The fourth-order valence-corrected chi connectivity index (χ4v) is 3.21. The highest BCUT2D eigenvalue weighted by atomic mass is 32.2. The lowest BCUT2D eigenvalue weighted by molar-refractivity contribution is -0.142. The van der Waals surface area contributed by atoms with Crippen molar-refractivity contribution in [3.05, 3.63) is 78.5 Å². The van der Waals surface area contributed by atoms with Crippen LogP contribution in [0.4, 0.5) is 5.69 Å². The van der Waals surface area contributed by atoms with Gasteiger partial charge in [0.15, 0.2) is 6.61 Å². The molecule has 6 nitrogen and oxygen atoms in total. The molecule has 3 aromatic rings. The first-order valence-electron chi connectivity index (χ1n) is 8.44. The summed E-state index contributed by atoms with van der Waals surface area (Å²) in [7, 11) is 1.29. The second-order valence-corrected chi connectivity index (χ2v) is 6.68. The molecule has 0 saturated heterocycles. The lowest BCUT2D eigenvalue weighted by Gasteiger charge is -2.10. The first-order chi connectivity index (χ1) is 13.7. The van der Waals surface area contributed by atoms with E-state index >= 15 is 0 Å². The fraction of sp³-hybridized carbons (Fsp3) is 0.0952. The first-order valence-corrected chi connectivity index (χ1v) is 9.26. The topological polar surface area (TPSA) is 77.5 Å². The van der Waals surface area contributed by atoms with Crippen molar-refractivity contribution in [3.8, 4) is 5.75 Å².